The molecule has 1 saturated heterocycles. The third-order valence-corrected chi connectivity index (χ3v) is 3.36. The third kappa shape index (κ3) is 2.98. The largest absolute Gasteiger partial charge is 0.341 e. The van der Waals surface area contributed by atoms with Gasteiger partial charge in [-0.1, -0.05) is 0 Å². The summed E-state index contributed by atoms with van der Waals surface area (Å²) in [7, 11) is 1.85. The van der Waals surface area contributed by atoms with E-state index < -0.39 is 0 Å². The lowest BCUT2D eigenvalue weighted by molar-refractivity contribution is 0.567. The molecule has 0 aliphatic carbocycles. The zero-order chi connectivity index (χ0) is 13.9. The fraction of sp³-hybridized carbons (Fsp3) is 0.500. The second-order valence-corrected chi connectivity index (χ2v) is 5.11. The molecule has 0 unspecified atom stereocenters. The summed E-state index contributed by atoms with van der Waals surface area (Å²) in [4.78, 5) is 14.9. The van der Waals surface area contributed by atoms with Crippen molar-refractivity contribution in [2.45, 2.75) is 19.3 Å². The van der Waals surface area contributed by atoms with Crippen LogP contribution in [0.3, 0.4) is 0 Å². The molecule has 3 rings (SSSR count). The van der Waals surface area contributed by atoms with Gasteiger partial charge in [0.05, 0.1) is 0 Å². The highest BCUT2D eigenvalue weighted by molar-refractivity contribution is 6.28. The van der Waals surface area contributed by atoms with Gasteiger partial charge in [-0.25, -0.2) is 0 Å². The Hall–Kier alpha value is -1.89. The van der Waals surface area contributed by atoms with Crippen LogP contribution in [0.1, 0.15) is 19.3 Å². The van der Waals surface area contributed by atoms with E-state index in [0.29, 0.717) is 17.7 Å². The monoisotopic (exact) mass is 293 g/mol. The van der Waals surface area contributed by atoms with Crippen LogP contribution >= 0.6 is 11.6 Å². The first-order valence-electron chi connectivity index (χ1n) is 6.64. The Bertz CT molecular complexity index is 591. The van der Waals surface area contributed by atoms with E-state index >= 15 is 0 Å². The fourth-order valence-electron chi connectivity index (χ4n) is 2.23. The maximum absolute atomic E-state index is 5.99. The Morgan fingerprint density at radius 2 is 1.95 bits per heavy atom. The van der Waals surface area contributed by atoms with E-state index in [1.54, 1.807) is 4.68 Å². The second kappa shape index (κ2) is 5.62. The molecule has 8 heteroatoms. The molecule has 106 valence electrons. The van der Waals surface area contributed by atoms with Gasteiger partial charge in [-0.3, -0.25) is 4.68 Å². The van der Waals surface area contributed by atoms with E-state index in [0.717, 1.165) is 25.9 Å². The molecule has 1 N–H and O–H groups in total. The van der Waals surface area contributed by atoms with Gasteiger partial charge in [-0.05, 0) is 30.9 Å². The lowest BCUT2D eigenvalue weighted by Gasteiger charge is -2.26. The summed E-state index contributed by atoms with van der Waals surface area (Å²) in [6.07, 6.45) is 5.42. The van der Waals surface area contributed by atoms with Crippen LogP contribution in [-0.2, 0) is 7.05 Å². The molecule has 1 aliphatic heterocycles. The number of halogens is 1. The van der Waals surface area contributed by atoms with Gasteiger partial charge in [0.2, 0.25) is 17.2 Å². The molecule has 7 nitrogen and oxygen atoms in total. The van der Waals surface area contributed by atoms with Crippen LogP contribution in [0.4, 0.5) is 17.7 Å². The number of aromatic nitrogens is 5. The molecule has 0 saturated carbocycles. The van der Waals surface area contributed by atoms with Crippen LogP contribution in [0, 0.1) is 0 Å². The molecule has 0 spiro atoms. The molecular weight excluding hydrogens is 278 g/mol. The number of anilines is 3. The number of nitrogens with one attached hydrogen (secondary N) is 1. The van der Waals surface area contributed by atoms with E-state index in [1.165, 1.54) is 6.42 Å². The summed E-state index contributed by atoms with van der Waals surface area (Å²) in [5.74, 6) is 1.73. The van der Waals surface area contributed by atoms with Crippen LogP contribution in [-0.4, -0.2) is 37.8 Å². The first kappa shape index (κ1) is 13.1. The molecule has 2 aromatic heterocycles. The van der Waals surface area contributed by atoms with E-state index in [2.05, 4.69) is 30.3 Å². The summed E-state index contributed by atoms with van der Waals surface area (Å²) >= 11 is 5.99. The van der Waals surface area contributed by atoms with Crippen molar-refractivity contribution in [3.05, 3.63) is 17.5 Å². The summed E-state index contributed by atoms with van der Waals surface area (Å²) in [5, 5.41) is 7.46. The van der Waals surface area contributed by atoms with Gasteiger partial charge >= 0.3 is 0 Å². The minimum absolute atomic E-state index is 0.194. The lowest BCUT2D eigenvalue weighted by atomic mass is 10.1. The quantitative estimate of drug-likeness (QED) is 0.933. The summed E-state index contributed by atoms with van der Waals surface area (Å²) < 4.78 is 1.71. The Morgan fingerprint density at radius 1 is 1.15 bits per heavy atom. The highest BCUT2D eigenvalue weighted by Crippen LogP contribution is 2.19. The topological polar surface area (TPSA) is 71.8 Å². The maximum atomic E-state index is 5.99. The fourth-order valence-corrected chi connectivity index (χ4v) is 2.38. The highest BCUT2D eigenvalue weighted by atomic mass is 35.5. The SMILES string of the molecule is Cn1ccc(Nc2nc(Cl)nc(N3CCCCC3)n2)n1. The molecular formula is C12H16ClN7. The molecule has 0 radical (unpaired) electrons. The molecule has 0 atom stereocenters. The van der Waals surface area contributed by atoms with E-state index in [4.69, 9.17) is 11.6 Å². The van der Waals surface area contributed by atoms with E-state index in [-0.39, 0.29) is 5.28 Å². The van der Waals surface area contributed by atoms with Gasteiger partial charge in [0, 0.05) is 32.4 Å². The highest BCUT2D eigenvalue weighted by Gasteiger charge is 2.16. The molecule has 0 amide bonds. The van der Waals surface area contributed by atoms with E-state index in [1.807, 2.05) is 19.3 Å². The molecule has 20 heavy (non-hydrogen) atoms. The standard InChI is InChI=1S/C12H16ClN7/c1-19-8-5-9(18-19)14-11-15-10(13)16-12(17-11)20-6-3-2-4-7-20/h5,8H,2-4,6-7H2,1H3,(H,14,15,16,17,18). The molecule has 0 bridgehead atoms. The average Bonchev–Trinajstić information content (AvgIpc) is 2.84. The number of hydrogen-bond acceptors (Lipinski definition) is 6. The van der Waals surface area contributed by atoms with E-state index in [9.17, 15) is 0 Å². The predicted octanol–water partition coefficient (Wildman–Crippen LogP) is 1.99. The Balaban J connectivity index is 1.82. The minimum Gasteiger partial charge on any atom is -0.341 e. The number of nitrogens with zero attached hydrogens (tertiary/aromatic N) is 6. The summed E-state index contributed by atoms with van der Waals surface area (Å²) in [5.41, 5.74) is 0. The first-order valence-corrected chi connectivity index (χ1v) is 7.02. The van der Waals surface area contributed by atoms with Crippen molar-refractivity contribution in [1.82, 2.24) is 24.7 Å². The number of hydrogen-bond donors (Lipinski definition) is 1. The predicted molar refractivity (Wildman–Crippen MR) is 77.4 cm³/mol. The van der Waals surface area contributed by atoms with Gasteiger partial charge in [-0.2, -0.15) is 20.1 Å². The van der Waals surface area contributed by atoms with Crippen LogP contribution in [0.5, 0.6) is 0 Å². The lowest BCUT2D eigenvalue weighted by Crippen LogP contribution is -2.31. The minimum atomic E-state index is 0.194. The summed E-state index contributed by atoms with van der Waals surface area (Å²) in [6.45, 7) is 1.92. The van der Waals surface area contributed by atoms with Gasteiger partial charge in [0.15, 0.2) is 5.82 Å². The zero-order valence-corrected chi connectivity index (χ0v) is 12.0. The molecule has 0 aromatic carbocycles. The first-order chi connectivity index (χ1) is 9.70. The van der Waals surface area contributed by atoms with Crippen LogP contribution in [0.15, 0.2) is 12.3 Å². The molecule has 1 aliphatic rings. The maximum Gasteiger partial charge on any atom is 0.234 e. The smallest absolute Gasteiger partial charge is 0.234 e. The van der Waals surface area contributed by atoms with Crippen molar-refractivity contribution in [3.63, 3.8) is 0 Å². The van der Waals surface area contributed by atoms with Gasteiger partial charge in [0.25, 0.3) is 0 Å². The molecule has 1 fully saturated rings. The Morgan fingerprint density at radius 3 is 2.65 bits per heavy atom. The zero-order valence-electron chi connectivity index (χ0n) is 11.3. The second-order valence-electron chi connectivity index (χ2n) is 4.78. The average molecular weight is 294 g/mol. The third-order valence-electron chi connectivity index (χ3n) is 3.19. The normalized spacial score (nSPS) is 15.4. The van der Waals surface area contributed by atoms with Crippen molar-refractivity contribution >= 4 is 29.3 Å². The number of aryl methyl sites for hydroxylation is 1. The summed E-state index contributed by atoms with van der Waals surface area (Å²) in [6, 6.07) is 1.85. The van der Waals surface area contributed by atoms with Crippen molar-refractivity contribution in [2.24, 2.45) is 7.05 Å². The van der Waals surface area contributed by atoms with Crippen LogP contribution < -0.4 is 10.2 Å². The van der Waals surface area contributed by atoms with Crippen LogP contribution in [0.25, 0.3) is 0 Å². The Kier molecular flexibility index (Phi) is 3.68. The van der Waals surface area contributed by atoms with Crippen molar-refractivity contribution in [3.8, 4) is 0 Å². The van der Waals surface area contributed by atoms with Crippen molar-refractivity contribution in [1.29, 1.82) is 0 Å². The van der Waals surface area contributed by atoms with Gasteiger partial charge < -0.3 is 10.2 Å². The molecule has 2 aromatic rings. The van der Waals surface area contributed by atoms with Gasteiger partial charge in [-0.15, -0.1) is 0 Å². The van der Waals surface area contributed by atoms with Crippen LogP contribution in [0.2, 0.25) is 5.28 Å². The van der Waals surface area contributed by atoms with Crippen molar-refractivity contribution in [2.75, 3.05) is 23.3 Å². The molecule has 3 heterocycles. The van der Waals surface area contributed by atoms with Crippen molar-refractivity contribution < 1.29 is 0 Å². The Labute approximate surface area is 122 Å². The number of piperidine rings is 1. The van der Waals surface area contributed by atoms with Gasteiger partial charge in [0.1, 0.15) is 0 Å². The number of rotatable bonds is 3.